The summed E-state index contributed by atoms with van der Waals surface area (Å²) in [6.07, 6.45) is 0.105. The highest BCUT2D eigenvalue weighted by molar-refractivity contribution is 6.31. The third-order valence-corrected chi connectivity index (χ3v) is 6.17. The molecule has 0 fully saturated rings. The fraction of sp³-hybridized carbons (Fsp3) is 0.310. The second-order valence-corrected chi connectivity index (χ2v) is 9.64. The molecule has 0 radical (unpaired) electrons. The molecule has 35 heavy (non-hydrogen) atoms. The minimum atomic E-state index is -0.768. The molecule has 0 aliphatic heterocycles. The van der Waals surface area contributed by atoms with Crippen molar-refractivity contribution in [1.29, 1.82) is 0 Å². The van der Waals surface area contributed by atoms with Crippen LogP contribution in [0.4, 0.5) is 4.39 Å². The van der Waals surface area contributed by atoms with Crippen molar-refractivity contribution < 1.29 is 14.0 Å². The van der Waals surface area contributed by atoms with Gasteiger partial charge in [-0.05, 0) is 36.1 Å². The van der Waals surface area contributed by atoms with Crippen LogP contribution in [-0.4, -0.2) is 29.3 Å². The van der Waals surface area contributed by atoms with E-state index in [4.69, 9.17) is 11.6 Å². The molecule has 0 aliphatic carbocycles. The van der Waals surface area contributed by atoms with Gasteiger partial charge in [0.25, 0.3) is 0 Å². The predicted octanol–water partition coefficient (Wildman–Crippen LogP) is 5.74. The molecule has 0 aliphatic rings. The van der Waals surface area contributed by atoms with Crippen LogP contribution in [0.15, 0.2) is 72.8 Å². The highest BCUT2D eigenvalue weighted by atomic mass is 35.5. The number of aryl methyl sites for hydroxylation is 1. The van der Waals surface area contributed by atoms with Crippen LogP contribution in [0.2, 0.25) is 5.02 Å². The first-order chi connectivity index (χ1) is 16.7. The summed E-state index contributed by atoms with van der Waals surface area (Å²) >= 11 is 6.22. The van der Waals surface area contributed by atoms with Crippen molar-refractivity contribution in [3.8, 4) is 0 Å². The molecule has 3 aromatic carbocycles. The molecule has 0 spiro atoms. The highest BCUT2D eigenvalue weighted by Crippen LogP contribution is 2.22. The Hall–Kier alpha value is -3.18. The van der Waals surface area contributed by atoms with Gasteiger partial charge in [0.15, 0.2) is 0 Å². The standard InChI is InChI=1S/C29H32ClFN2O2/c1-20(2)18-32-29(35)27(16-22-8-5-4-6-9-22)33(19-23-14-12-21(3)13-15-23)28(34)17-24-25(30)10-7-11-26(24)31/h4-15,20,27H,16-19H2,1-3H3,(H,32,35). The van der Waals surface area contributed by atoms with E-state index >= 15 is 0 Å². The molecule has 0 bridgehead atoms. The number of amides is 2. The van der Waals surface area contributed by atoms with Gasteiger partial charge in [-0.1, -0.05) is 91.7 Å². The average molecular weight is 495 g/mol. The Morgan fingerprint density at radius 2 is 1.63 bits per heavy atom. The number of halogens is 2. The van der Waals surface area contributed by atoms with E-state index in [-0.39, 0.29) is 41.3 Å². The maximum atomic E-state index is 14.5. The van der Waals surface area contributed by atoms with Crippen molar-refractivity contribution >= 4 is 23.4 Å². The van der Waals surface area contributed by atoms with Gasteiger partial charge in [0.2, 0.25) is 11.8 Å². The minimum Gasteiger partial charge on any atom is -0.354 e. The van der Waals surface area contributed by atoms with Crippen molar-refractivity contribution in [2.45, 2.75) is 46.2 Å². The SMILES string of the molecule is Cc1ccc(CN(C(=O)Cc2c(F)cccc2Cl)C(Cc2ccccc2)C(=O)NCC(C)C)cc1. The van der Waals surface area contributed by atoms with Crippen LogP contribution in [0.25, 0.3) is 0 Å². The van der Waals surface area contributed by atoms with E-state index < -0.39 is 11.9 Å². The number of carbonyl (C=O) groups excluding carboxylic acids is 2. The Labute approximate surface area is 212 Å². The van der Waals surface area contributed by atoms with Gasteiger partial charge in [0.05, 0.1) is 6.42 Å². The maximum Gasteiger partial charge on any atom is 0.243 e. The molecular weight excluding hydrogens is 463 g/mol. The fourth-order valence-electron chi connectivity index (χ4n) is 3.82. The van der Waals surface area contributed by atoms with Gasteiger partial charge >= 0.3 is 0 Å². The first-order valence-corrected chi connectivity index (χ1v) is 12.2. The van der Waals surface area contributed by atoms with Gasteiger partial charge < -0.3 is 10.2 Å². The summed E-state index contributed by atoms with van der Waals surface area (Å²) in [5, 5.41) is 3.18. The minimum absolute atomic E-state index is 0.133. The van der Waals surface area contributed by atoms with Crippen LogP contribution < -0.4 is 5.32 Å². The van der Waals surface area contributed by atoms with E-state index in [0.717, 1.165) is 16.7 Å². The van der Waals surface area contributed by atoms with E-state index in [1.54, 1.807) is 11.0 Å². The molecule has 0 saturated carbocycles. The van der Waals surface area contributed by atoms with Crippen LogP contribution in [0.5, 0.6) is 0 Å². The Morgan fingerprint density at radius 3 is 2.26 bits per heavy atom. The predicted molar refractivity (Wildman–Crippen MR) is 139 cm³/mol. The van der Waals surface area contributed by atoms with Gasteiger partial charge in [-0.3, -0.25) is 9.59 Å². The number of benzene rings is 3. The number of nitrogens with zero attached hydrogens (tertiary/aromatic N) is 1. The Morgan fingerprint density at radius 1 is 0.943 bits per heavy atom. The van der Waals surface area contributed by atoms with Crippen molar-refractivity contribution in [1.82, 2.24) is 10.2 Å². The van der Waals surface area contributed by atoms with Crippen LogP contribution in [0.1, 0.15) is 36.1 Å². The lowest BCUT2D eigenvalue weighted by Crippen LogP contribution is -2.51. The fourth-order valence-corrected chi connectivity index (χ4v) is 4.05. The van der Waals surface area contributed by atoms with Gasteiger partial charge in [0, 0.05) is 30.1 Å². The summed E-state index contributed by atoms with van der Waals surface area (Å²) in [4.78, 5) is 28.7. The molecule has 3 rings (SSSR count). The summed E-state index contributed by atoms with van der Waals surface area (Å²) in [6.45, 7) is 6.74. The second-order valence-electron chi connectivity index (χ2n) is 9.23. The molecule has 6 heteroatoms. The quantitative estimate of drug-likeness (QED) is 0.390. The molecule has 1 N–H and O–H groups in total. The Kier molecular flexibility index (Phi) is 9.44. The van der Waals surface area contributed by atoms with Crippen LogP contribution >= 0.6 is 11.6 Å². The van der Waals surface area contributed by atoms with E-state index in [9.17, 15) is 14.0 Å². The molecule has 0 saturated heterocycles. The van der Waals surface area contributed by atoms with Gasteiger partial charge in [-0.25, -0.2) is 4.39 Å². The molecule has 4 nitrogen and oxygen atoms in total. The lowest BCUT2D eigenvalue weighted by Gasteiger charge is -2.32. The van der Waals surface area contributed by atoms with Crippen molar-refractivity contribution in [2.75, 3.05) is 6.54 Å². The maximum absolute atomic E-state index is 14.5. The van der Waals surface area contributed by atoms with Crippen LogP contribution in [0.3, 0.4) is 0 Å². The monoisotopic (exact) mass is 494 g/mol. The van der Waals surface area contributed by atoms with Crippen molar-refractivity contribution in [3.05, 3.63) is 106 Å². The first kappa shape index (κ1) is 26.4. The van der Waals surface area contributed by atoms with E-state index in [0.29, 0.717) is 13.0 Å². The second kappa shape index (κ2) is 12.5. The summed E-state index contributed by atoms with van der Waals surface area (Å²) in [7, 11) is 0. The zero-order chi connectivity index (χ0) is 25.4. The van der Waals surface area contributed by atoms with Crippen LogP contribution in [0, 0.1) is 18.7 Å². The number of hydrogen-bond donors (Lipinski definition) is 1. The molecule has 0 heterocycles. The van der Waals surface area contributed by atoms with E-state index in [1.807, 2.05) is 75.4 Å². The lowest BCUT2D eigenvalue weighted by atomic mass is 10.0. The molecule has 1 unspecified atom stereocenters. The normalized spacial score (nSPS) is 11.8. The number of hydrogen-bond acceptors (Lipinski definition) is 2. The topological polar surface area (TPSA) is 49.4 Å². The van der Waals surface area contributed by atoms with Gasteiger partial charge in [-0.2, -0.15) is 0 Å². The Balaban J connectivity index is 1.98. The Bertz CT molecular complexity index is 1110. The number of rotatable bonds is 10. The number of nitrogens with one attached hydrogen (secondary N) is 1. The molecular formula is C29H32ClFN2O2. The molecule has 0 aromatic heterocycles. The average Bonchev–Trinajstić information content (AvgIpc) is 2.84. The van der Waals surface area contributed by atoms with E-state index in [2.05, 4.69) is 5.32 Å². The smallest absolute Gasteiger partial charge is 0.243 e. The van der Waals surface area contributed by atoms with Gasteiger partial charge in [0.1, 0.15) is 11.9 Å². The summed E-state index contributed by atoms with van der Waals surface area (Å²) in [5.74, 6) is -0.874. The molecule has 2 amide bonds. The third-order valence-electron chi connectivity index (χ3n) is 5.82. The lowest BCUT2D eigenvalue weighted by molar-refractivity contribution is -0.140. The molecule has 1 atom stereocenters. The molecule has 3 aromatic rings. The zero-order valence-corrected chi connectivity index (χ0v) is 21.2. The van der Waals surface area contributed by atoms with Crippen molar-refractivity contribution in [3.63, 3.8) is 0 Å². The van der Waals surface area contributed by atoms with E-state index in [1.165, 1.54) is 12.1 Å². The van der Waals surface area contributed by atoms with Gasteiger partial charge in [-0.15, -0.1) is 0 Å². The van der Waals surface area contributed by atoms with Crippen molar-refractivity contribution in [2.24, 2.45) is 5.92 Å². The molecule has 184 valence electrons. The summed E-state index contributed by atoms with van der Waals surface area (Å²) in [5.41, 5.74) is 3.05. The first-order valence-electron chi connectivity index (χ1n) is 11.8. The zero-order valence-electron chi connectivity index (χ0n) is 20.4. The third kappa shape index (κ3) is 7.66. The van der Waals surface area contributed by atoms with Crippen LogP contribution in [-0.2, 0) is 29.0 Å². The summed E-state index contributed by atoms with van der Waals surface area (Å²) in [6, 6.07) is 21.0. The highest BCUT2D eigenvalue weighted by Gasteiger charge is 2.31. The summed E-state index contributed by atoms with van der Waals surface area (Å²) < 4.78 is 14.5. The largest absolute Gasteiger partial charge is 0.354 e. The number of carbonyl (C=O) groups is 2.